The predicted octanol–water partition coefficient (Wildman–Crippen LogP) is 5.78. The zero-order chi connectivity index (χ0) is 31.0. The second-order valence-corrected chi connectivity index (χ2v) is 11.0. The average Bonchev–Trinajstić information content (AvgIpc) is 3.20. The molecule has 1 amide bonds. The fourth-order valence-corrected chi connectivity index (χ4v) is 5.39. The van der Waals surface area contributed by atoms with Crippen molar-refractivity contribution in [1.29, 1.82) is 0 Å². The number of aromatic hydroxyl groups is 1. The minimum absolute atomic E-state index is 0.0129. The highest BCUT2D eigenvalue weighted by Gasteiger charge is 2.44. The maximum absolute atomic E-state index is 12.0. The van der Waals surface area contributed by atoms with Gasteiger partial charge in [-0.1, -0.05) is 18.2 Å². The topological polar surface area (TPSA) is 143 Å². The standard InChI is InChI=1S/C33H39N5O5/c1-33(2)27-21-25(36-24-10-6-4-7-11-24)14-15-28(27)37(19-9-5-8-12-31(39)35-18-17-34)30(33)16-13-23-20-26(38(41)42)22-29(43-3)32(23)40/h4,6-7,10-11,13-16,20-22,36H,5,8-9,12,17-19,34H2,1-3H3,(H,35,39)/p+1. The van der Waals surface area contributed by atoms with Gasteiger partial charge in [0.15, 0.2) is 17.2 Å². The van der Waals surface area contributed by atoms with E-state index in [-0.39, 0.29) is 23.1 Å². The van der Waals surface area contributed by atoms with E-state index in [1.807, 2.05) is 36.4 Å². The highest BCUT2D eigenvalue weighted by molar-refractivity contribution is 6.05. The Bertz CT molecular complexity index is 1530. The Labute approximate surface area is 252 Å². The summed E-state index contributed by atoms with van der Waals surface area (Å²) in [6.07, 6.45) is 6.58. The van der Waals surface area contributed by atoms with Crippen molar-refractivity contribution in [3.63, 3.8) is 0 Å². The lowest BCUT2D eigenvalue weighted by Gasteiger charge is -2.17. The van der Waals surface area contributed by atoms with Gasteiger partial charge in [-0.3, -0.25) is 14.9 Å². The quantitative estimate of drug-likeness (QED) is 0.0812. The summed E-state index contributed by atoms with van der Waals surface area (Å²) in [5, 5.41) is 28.6. The first kappa shape index (κ1) is 31.2. The largest absolute Gasteiger partial charge is 0.504 e. The number of amides is 1. The third-order valence-corrected chi connectivity index (χ3v) is 7.65. The second kappa shape index (κ2) is 14.0. The van der Waals surface area contributed by atoms with E-state index < -0.39 is 10.3 Å². The van der Waals surface area contributed by atoms with Gasteiger partial charge in [-0.25, -0.2) is 0 Å². The van der Waals surface area contributed by atoms with E-state index >= 15 is 0 Å². The Hall–Kier alpha value is -4.70. The van der Waals surface area contributed by atoms with Crippen LogP contribution in [-0.2, 0) is 10.2 Å². The first-order valence-electron chi connectivity index (χ1n) is 14.5. The number of nitro benzene ring substituents is 1. The van der Waals surface area contributed by atoms with Crippen LogP contribution in [0.3, 0.4) is 0 Å². The van der Waals surface area contributed by atoms with Crippen molar-refractivity contribution >= 4 is 40.4 Å². The van der Waals surface area contributed by atoms with E-state index in [0.29, 0.717) is 25.1 Å². The lowest BCUT2D eigenvalue weighted by atomic mass is 9.81. The zero-order valence-electron chi connectivity index (χ0n) is 24.9. The van der Waals surface area contributed by atoms with Crippen LogP contribution in [-0.4, -0.2) is 53.0 Å². The number of anilines is 2. The number of benzene rings is 3. The predicted molar refractivity (Wildman–Crippen MR) is 170 cm³/mol. The molecule has 0 spiro atoms. The van der Waals surface area contributed by atoms with E-state index in [0.717, 1.165) is 54.1 Å². The number of rotatable bonds is 14. The molecule has 0 bridgehead atoms. The zero-order valence-corrected chi connectivity index (χ0v) is 24.9. The van der Waals surface area contributed by atoms with Crippen LogP contribution in [0.5, 0.6) is 11.5 Å². The van der Waals surface area contributed by atoms with Gasteiger partial charge in [-0.05, 0) is 57.0 Å². The van der Waals surface area contributed by atoms with Crippen molar-refractivity contribution in [2.45, 2.75) is 44.9 Å². The molecule has 3 aromatic carbocycles. The number of nitro groups is 1. The second-order valence-electron chi connectivity index (χ2n) is 11.0. The molecule has 0 atom stereocenters. The van der Waals surface area contributed by atoms with Crippen LogP contribution < -0.4 is 21.1 Å². The van der Waals surface area contributed by atoms with Crippen LogP contribution in [0, 0.1) is 10.1 Å². The summed E-state index contributed by atoms with van der Waals surface area (Å²) in [5.74, 6) is -0.109. The summed E-state index contributed by atoms with van der Waals surface area (Å²) in [7, 11) is 1.36. The van der Waals surface area contributed by atoms with Gasteiger partial charge < -0.3 is 26.2 Å². The molecule has 0 saturated heterocycles. The molecule has 5 N–H and O–H groups in total. The molecule has 0 radical (unpaired) electrons. The van der Waals surface area contributed by atoms with E-state index in [2.05, 4.69) is 47.3 Å². The fraction of sp³-hybridized carbons (Fsp3) is 0.333. The molecule has 10 nitrogen and oxygen atoms in total. The number of methoxy groups -OCH3 is 1. The van der Waals surface area contributed by atoms with Gasteiger partial charge in [-0.2, -0.15) is 4.58 Å². The number of carbonyl (C=O) groups is 1. The Morgan fingerprint density at radius 3 is 2.53 bits per heavy atom. The van der Waals surface area contributed by atoms with E-state index in [4.69, 9.17) is 10.5 Å². The number of nitrogens with one attached hydrogen (secondary N) is 2. The molecule has 4 rings (SSSR count). The van der Waals surface area contributed by atoms with Crippen LogP contribution in [0.15, 0.2) is 66.7 Å². The summed E-state index contributed by atoms with van der Waals surface area (Å²) in [5.41, 5.74) is 10.3. The number of nitrogens with zero attached hydrogens (tertiary/aromatic N) is 2. The van der Waals surface area contributed by atoms with Gasteiger partial charge >= 0.3 is 0 Å². The lowest BCUT2D eigenvalue weighted by Crippen LogP contribution is -2.28. The molecule has 1 aliphatic rings. The summed E-state index contributed by atoms with van der Waals surface area (Å²) in [4.78, 5) is 23.0. The molecule has 0 fully saturated rings. The van der Waals surface area contributed by atoms with Crippen molar-refractivity contribution in [3.8, 4) is 11.5 Å². The number of carbonyl (C=O) groups excluding carboxylic acids is 1. The van der Waals surface area contributed by atoms with Gasteiger partial charge in [0, 0.05) is 66.6 Å². The van der Waals surface area contributed by atoms with Crippen molar-refractivity contribution in [3.05, 3.63) is 88.0 Å². The number of unbranched alkanes of at least 4 members (excludes halogenated alkanes) is 2. The van der Waals surface area contributed by atoms with E-state index in [9.17, 15) is 20.0 Å². The highest BCUT2D eigenvalue weighted by Crippen LogP contribution is 2.43. The molecule has 10 heteroatoms. The monoisotopic (exact) mass is 586 g/mol. The number of phenols is 1. The Morgan fingerprint density at radius 1 is 1.07 bits per heavy atom. The first-order chi connectivity index (χ1) is 20.6. The SMILES string of the molecule is COc1cc([N+](=O)[O-])cc(/C=C/C2=[N+](CCCCCC(=O)NCCN)c3ccc(Nc4ccccc4)cc3C2(C)C)c1O. The summed E-state index contributed by atoms with van der Waals surface area (Å²) < 4.78 is 7.45. The number of nitrogens with two attached hydrogens (primary N) is 1. The van der Waals surface area contributed by atoms with Gasteiger partial charge in [0.25, 0.3) is 5.69 Å². The number of hydrogen-bond donors (Lipinski definition) is 4. The van der Waals surface area contributed by atoms with Crippen LogP contribution in [0.4, 0.5) is 22.7 Å². The van der Waals surface area contributed by atoms with Crippen LogP contribution in [0.1, 0.15) is 50.7 Å². The molecule has 226 valence electrons. The average molecular weight is 587 g/mol. The number of fused-ring (bicyclic) bond motifs is 1. The van der Waals surface area contributed by atoms with Gasteiger partial charge in [-0.15, -0.1) is 0 Å². The number of non-ortho nitro benzene ring substituents is 1. The van der Waals surface area contributed by atoms with Crippen molar-refractivity contribution in [2.75, 3.05) is 32.1 Å². The minimum Gasteiger partial charge on any atom is -0.504 e. The number of hydrogen-bond acceptors (Lipinski definition) is 7. The summed E-state index contributed by atoms with van der Waals surface area (Å²) >= 11 is 0. The molecule has 0 aromatic heterocycles. The van der Waals surface area contributed by atoms with Crippen molar-refractivity contribution < 1.29 is 24.1 Å². The smallest absolute Gasteiger partial charge is 0.274 e. The molecule has 0 unspecified atom stereocenters. The van der Waals surface area contributed by atoms with Crippen LogP contribution >= 0.6 is 0 Å². The molecule has 0 saturated carbocycles. The summed E-state index contributed by atoms with van der Waals surface area (Å²) in [6.45, 7) is 5.92. The van der Waals surface area contributed by atoms with E-state index in [1.165, 1.54) is 19.2 Å². The third-order valence-electron chi connectivity index (χ3n) is 7.65. The van der Waals surface area contributed by atoms with Crippen molar-refractivity contribution in [1.82, 2.24) is 5.32 Å². The maximum atomic E-state index is 12.0. The maximum Gasteiger partial charge on any atom is 0.274 e. The van der Waals surface area contributed by atoms with Crippen LogP contribution in [0.2, 0.25) is 0 Å². The van der Waals surface area contributed by atoms with Crippen molar-refractivity contribution in [2.24, 2.45) is 5.73 Å². The lowest BCUT2D eigenvalue weighted by molar-refractivity contribution is -0.438. The fourth-order valence-electron chi connectivity index (χ4n) is 5.39. The molecule has 0 aliphatic carbocycles. The Morgan fingerprint density at radius 2 is 1.84 bits per heavy atom. The van der Waals surface area contributed by atoms with E-state index in [1.54, 1.807) is 6.08 Å². The molecule has 1 heterocycles. The summed E-state index contributed by atoms with van der Waals surface area (Å²) in [6, 6.07) is 18.8. The molecule has 1 aliphatic heterocycles. The number of ether oxygens (including phenoxy) is 1. The van der Waals surface area contributed by atoms with Gasteiger partial charge in [0.1, 0.15) is 6.54 Å². The number of phenolic OH excluding ortho intramolecular Hbond substituents is 1. The highest BCUT2D eigenvalue weighted by atomic mass is 16.6. The normalized spacial score (nSPS) is 13.7. The van der Waals surface area contributed by atoms with Gasteiger partial charge in [0.2, 0.25) is 11.6 Å². The molecular formula is C33H40N5O5+. The Balaban J connectivity index is 1.65. The number of para-hydroxylation sites is 1. The molecule has 3 aromatic rings. The third kappa shape index (κ3) is 7.39. The Kier molecular flexibility index (Phi) is 10.2. The van der Waals surface area contributed by atoms with Crippen LogP contribution in [0.25, 0.3) is 6.08 Å². The molecular weight excluding hydrogens is 546 g/mol. The molecule has 43 heavy (non-hydrogen) atoms. The number of allylic oxidation sites excluding steroid dienone is 1. The first-order valence-corrected chi connectivity index (χ1v) is 14.5. The van der Waals surface area contributed by atoms with Gasteiger partial charge in [0.05, 0.1) is 23.5 Å². The minimum atomic E-state index is -0.508.